The molecular weight excluding hydrogens is 308 g/mol. The number of hydrogen-bond acceptors (Lipinski definition) is 3. The smallest absolute Gasteiger partial charge is 0.264 e. The van der Waals surface area contributed by atoms with Crippen molar-refractivity contribution in [3.05, 3.63) is 51.7 Å². The average Bonchev–Trinajstić information content (AvgIpc) is 3.21. The van der Waals surface area contributed by atoms with E-state index in [0.717, 1.165) is 17.7 Å². The molecule has 0 aliphatic carbocycles. The first-order valence-corrected chi connectivity index (χ1v) is 8.67. The molecule has 4 nitrogen and oxygen atoms in total. The molecule has 0 unspecified atom stereocenters. The molecule has 3 rings (SSSR count). The number of aryl methyl sites for hydroxylation is 2. The van der Waals surface area contributed by atoms with Gasteiger partial charge in [-0.2, -0.15) is 0 Å². The molecule has 120 valence electrons. The van der Waals surface area contributed by atoms with Crippen LogP contribution in [0.25, 0.3) is 0 Å². The SMILES string of the molecule is Cc1ccc(NC(=O)[C@@H]2CCCN2C(=O)c2cccs2)cc1C. The van der Waals surface area contributed by atoms with E-state index in [9.17, 15) is 9.59 Å². The molecule has 1 aliphatic heterocycles. The maximum absolute atomic E-state index is 12.6. The standard InChI is InChI=1S/C18H20N2O2S/c1-12-7-8-14(11-13(12)2)19-17(21)15-5-3-9-20(15)18(22)16-6-4-10-23-16/h4,6-8,10-11,15H,3,5,9H2,1-2H3,(H,19,21)/t15-/m0/s1. The predicted octanol–water partition coefficient (Wildman–Crippen LogP) is 3.61. The largest absolute Gasteiger partial charge is 0.326 e. The Labute approximate surface area is 140 Å². The van der Waals surface area contributed by atoms with Gasteiger partial charge < -0.3 is 10.2 Å². The fourth-order valence-corrected chi connectivity index (χ4v) is 3.55. The summed E-state index contributed by atoms with van der Waals surface area (Å²) in [6.45, 7) is 4.70. The first-order chi connectivity index (χ1) is 11.1. The minimum absolute atomic E-state index is 0.0438. The molecule has 1 N–H and O–H groups in total. The summed E-state index contributed by atoms with van der Waals surface area (Å²) >= 11 is 1.42. The molecule has 23 heavy (non-hydrogen) atoms. The van der Waals surface area contributed by atoms with E-state index in [1.165, 1.54) is 16.9 Å². The summed E-state index contributed by atoms with van der Waals surface area (Å²) in [5.41, 5.74) is 3.12. The Morgan fingerprint density at radius 1 is 1.22 bits per heavy atom. The lowest BCUT2D eigenvalue weighted by Gasteiger charge is -2.23. The van der Waals surface area contributed by atoms with Crippen molar-refractivity contribution in [3.63, 3.8) is 0 Å². The molecule has 2 heterocycles. The number of rotatable bonds is 3. The number of hydrogen-bond donors (Lipinski definition) is 1. The number of nitrogens with one attached hydrogen (secondary N) is 1. The molecule has 0 radical (unpaired) electrons. The van der Waals surface area contributed by atoms with E-state index in [1.807, 2.05) is 49.6 Å². The van der Waals surface area contributed by atoms with E-state index in [1.54, 1.807) is 4.90 Å². The summed E-state index contributed by atoms with van der Waals surface area (Å²) in [5.74, 6) is -0.145. The lowest BCUT2D eigenvalue weighted by atomic mass is 10.1. The summed E-state index contributed by atoms with van der Waals surface area (Å²) in [6.07, 6.45) is 1.58. The van der Waals surface area contributed by atoms with Crippen LogP contribution in [0.5, 0.6) is 0 Å². The monoisotopic (exact) mass is 328 g/mol. The maximum Gasteiger partial charge on any atom is 0.264 e. The van der Waals surface area contributed by atoms with Crippen molar-refractivity contribution in [1.82, 2.24) is 4.90 Å². The molecule has 1 aromatic heterocycles. The molecule has 1 fully saturated rings. The quantitative estimate of drug-likeness (QED) is 0.936. The number of benzene rings is 1. The number of carbonyl (C=O) groups excluding carboxylic acids is 2. The summed E-state index contributed by atoms with van der Waals surface area (Å²) in [6, 6.07) is 9.15. The summed E-state index contributed by atoms with van der Waals surface area (Å²) in [4.78, 5) is 27.5. The molecule has 0 spiro atoms. The average molecular weight is 328 g/mol. The van der Waals surface area contributed by atoms with Gasteiger partial charge in [0, 0.05) is 12.2 Å². The van der Waals surface area contributed by atoms with Gasteiger partial charge in [0.05, 0.1) is 4.88 Å². The van der Waals surface area contributed by atoms with Gasteiger partial charge in [0.25, 0.3) is 5.91 Å². The van der Waals surface area contributed by atoms with Gasteiger partial charge in [0.1, 0.15) is 6.04 Å². The number of nitrogens with zero attached hydrogens (tertiary/aromatic N) is 1. The van der Waals surface area contributed by atoms with Crippen LogP contribution in [-0.4, -0.2) is 29.3 Å². The highest BCUT2D eigenvalue weighted by atomic mass is 32.1. The molecule has 1 aromatic carbocycles. The van der Waals surface area contributed by atoms with Crippen LogP contribution in [0.2, 0.25) is 0 Å². The van der Waals surface area contributed by atoms with Crippen molar-refractivity contribution in [3.8, 4) is 0 Å². The normalized spacial score (nSPS) is 17.3. The molecule has 2 aromatic rings. The van der Waals surface area contributed by atoms with Crippen LogP contribution in [0.1, 0.15) is 33.6 Å². The van der Waals surface area contributed by atoms with Crippen molar-refractivity contribution in [2.75, 3.05) is 11.9 Å². The van der Waals surface area contributed by atoms with E-state index in [2.05, 4.69) is 5.32 Å². The Morgan fingerprint density at radius 2 is 2.04 bits per heavy atom. The Kier molecular flexibility index (Phi) is 4.48. The van der Waals surface area contributed by atoms with Gasteiger partial charge in [-0.05, 0) is 61.4 Å². The van der Waals surface area contributed by atoms with Crippen LogP contribution in [0, 0.1) is 13.8 Å². The minimum atomic E-state index is -0.383. The highest BCUT2D eigenvalue weighted by Gasteiger charge is 2.34. The zero-order valence-corrected chi connectivity index (χ0v) is 14.2. The second kappa shape index (κ2) is 6.54. The van der Waals surface area contributed by atoms with E-state index >= 15 is 0 Å². The first-order valence-electron chi connectivity index (χ1n) is 7.79. The Balaban J connectivity index is 1.73. The Bertz CT molecular complexity index is 725. The Morgan fingerprint density at radius 3 is 2.74 bits per heavy atom. The third kappa shape index (κ3) is 3.29. The highest BCUT2D eigenvalue weighted by Crippen LogP contribution is 2.24. The third-order valence-corrected chi connectivity index (χ3v) is 5.18. The first kappa shape index (κ1) is 15.7. The molecule has 1 saturated heterocycles. The zero-order valence-electron chi connectivity index (χ0n) is 13.3. The van der Waals surface area contributed by atoms with Crippen LogP contribution in [0.3, 0.4) is 0 Å². The molecule has 2 amide bonds. The second-order valence-corrected chi connectivity index (χ2v) is 6.87. The van der Waals surface area contributed by atoms with Crippen LogP contribution in [-0.2, 0) is 4.79 Å². The molecule has 1 atom stereocenters. The van der Waals surface area contributed by atoms with E-state index in [4.69, 9.17) is 0 Å². The highest BCUT2D eigenvalue weighted by molar-refractivity contribution is 7.12. The Hall–Kier alpha value is -2.14. The predicted molar refractivity (Wildman–Crippen MR) is 92.9 cm³/mol. The zero-order chi connectivity index (χ0) is 16.4. The van der Waals surface area contributed by atoms with Crippen LogP contribution >= 0.6 is 11.3 Å². The van der Waals surface area contributed by atoms with Crippen LogP contribution in [0.4, 0.5) is 5.69 Å². The topological polar surface area (TPSA) is 49.4 Å². The van der Waals surface area contributed by atoms with Crippen molar-refractivity contribution >= 4 is 28.8 Å². The second-order valence-electron chi connectivity index (χ2n) is 5.92. The van der Waals surface area contributed by atoms with Crippen molar-refractivity contribution in [2.24, 2.45) is 0 Å². The van der Waals surface area contributed by atoms with Gasteiger partial charge >= 0.3 is 0 Å². The molecule has 0 saturated carbocycles. The lowest BCUT2D eigenvalue weighted by Crippen LogP contribution is -2.42. The number of carbonyl (C=O) groups is 2. The van der Waals surface area contributed by atoms with Crippen molar-refractivity contribution in [1.29, 1.82) is 0 Å². The summed E-state index contributed by atoms with van der Waals surface area (Å²) < 4.78 is 0. The fraction of sp³-hybridized carbons (Fsp3) is 0.333. The van der Waals surface area contributed by atoms with E-state index in [0.29, 0.717) is 17.8 Å². The van der Waals surface area contributed by atoms with Gasteiger partial charge in [-0.3, -0.25) is 9.59 Å². The summed E-state index contributed by atoms with van der Waals surface area (Å²) in [5, 5.41) is 4.84. The lowest BCUT2D eigenvalue weighted by molar-refractivity contribution is -0.119. The fourth-order valence-electron chi connectivity index (χ4n) is 2.87. The van der Waals surface area contributed by atoms with Gasteiger partial charge in [0.2, 0.25) is 5.91 Å². The number of anilines is 1. The van der Waals surface area contributed by atoms with E-state index in [-0.39, 0.29) is 17.9 Å². The third-order valence-electron chi connectivity index (χ3n) is 4.32. The molecular formula is C18H20N2O2S. The number of amides is 2. The van der Waals surface area contributed by atoms with Gasteiger partial charge in [-0.25, -0.2) is 0 Å². The van der Waals surface area contributed by atoms with Gasteiger partial charge in [-0.1, -0.05) is 12.1 Å². The summed E-state index contributed by atoms with van der Waals surface area (Å²) in [7, 11) is 0. The molecule has 1 aliphatic rings. The van der Waals surface area contributed by atoms with Gasteiger partial charge in [-0.15, -0.1) is 11.3 Å². The molecule has 0 bridgehead atoms. The van der Waals surface area contributed by atoms with Gasteiger partial charge in [0.15, 0.2) is 0 Å². The number of likely N-dealkylation sites (tertiary alicyclic amines) is 1. The van der Waals surface area contributed by atoms with Crippen molar-refractivity contribution in [2.45, 2.75) is 32.7 Å². The minimum Gasteiger partial charge on any atom is -0.326 e. The van der Waals surface area contributed by atoms with Crippen molar-refractivity contribution < 1.29 is 9.59 Å². The van der Waals surface area contributed by atoms with E-state index < -0.39 is 0 Å². The molecule has 5 heteroatoms. The van der Waals surface area contributed by atoms with Crippen LogP contribution in [0.15, 0.2) is 35.7 Å². The maximum atomic E-state index is 12.6. The number of thiophene rings is 1. The van der Waals surface area contributed by atoms with Crippen LogP contribution < -0.4 is 5.32 Å².